The largest absolute Gasteiger partial charge is 0.297 e. The van der Waals surface area contributed by atoms with Crippen LogP contribution in [0.4, 0.5) is 5.82 Å². The number of nitriles is 1. The van der Waals surface area contributed by atoms with Crippen molar-refractivity contribution in [3.8, 4) is 6.07 Å². The van der Waals surface area contributed by atoms with Gasteiger partial charge in [0.1, 0.15) is 11.9 Å². The molecule has 0 radical (unpaired) electrons. The van der Waals surface area contributed by atoms with Crippen LogP contribution in [0.3, 0.4) is 0 Å². The van der Waals surface area contributed by atoms with Crippen molar-refractivity contribution in [1.29, 1.82) is 5.26 Å². The molecule has 1 amide bonds. The lowest BCUT2D eigenvalue weighted by molar-refractivity contribution is -0.117. The van der Waals surface area contributed by atoms with Crippen molar-refractivity contribution >= 4 is 28.6 Å². The molecule has 1 aliphatic rings. The minimum atomic E-state index is 0.0198. The number of pyridine rings is 1. The van der Waals surface area contributed by atoms with E-state index in [4.69, 9.17) is 5.26 Å². The smallest absolute Gasteiger partial charge is 0.228 e. The van der Waals surface area contributed by atoms with Crippen molar-refractivity contribution in [2.45, 2.75) is 13.3 Å². The number of carbonyl (C=O) groups excluding carboxylic acids is 2. The van der Waals surface area contributed by atoms with Crippen LogP contribution < -0.4 is 4.90 Å². The van der Waals surface area contributed by atoms with Crippen molar-refractivity contribution in [3.05, 3.63) is 23.9 Å². The van der Waals surface area contributed by atoms with Gasteiger partial charge in [0.05, 0.1) is 5.56 Å². The first-order valence-corrected chi connectivity index (χ1v) is 6.88. The Bertz CT molecular complexity index is 536. The van der Waals surface area contributed by atoms with E-state index in [2.05, 4.69) is 4.98 Å². The Morgan fingerprint density at radius 2 is 2.42 bits per heavy atom. The van der Waals surface area contributed by atoms with Crippen LogP contribution in [0.1, 0.15) is 18.9 Å². The lowest BCUT2D eigenvalue weighted by Crippen LogP contribution is -2.25. The predicted octanol–water partition coefficient (Wildman–Crippen LogP) is 1.59. The fourth-order valence-corrected chi connectivity index (χ4v) is 2.66. The lowest BCUT2D eigenvalue weighted by atomic mass is 10.1. The van der Waals surface area contributed by atoms with E-state index in [-0.39, 0.29) is 16.9 Å². The highest BCUT2D eigenvalue weighted by Crippen LogP contribution is 2.26. The predicted molar refractivity (Wildman–Crippen MR) is 72.6 cm³/mol. The molecule has 1 aliphatic heterocycles. The van der Waals surface area contributed by atoms with Gasteiger partial charge >= 0.3 is 0 Å². The molecule has 1 aromatic rings. The van der Waals surface area contributed by atoms with Gasteiger partial charge in [-0.2, -0.15) is 5.26 Å². The number of nitrogens with zero attached hydrogens (tertiary/aromatic N) is 3. The van der Waals surface area contributed by atoms with Gasteiger partial charge in [-0.1, -0.05) is 11.8 Å². The van der Waals surface area contributed by atoms with Crippen LogP contribution in [0, 0.1) is 17.2 Å². The van der Waals surface area contributed by atoms with E-state index in [1.807, 2.05) is 6.07 Å². The highest BCUT2D eigenvalue weighted by atomic mass is 32.2. The maximum Gasteiger partial charge on any atom is 0.228 e. The molecule has 0 saturated carbocycles. The summed E-state index contributed by atoms with van der Waals surface area (Å²) in [6.07, 6.45) is 1.90. The molecule has 1 saturated heterocycles. The summed E-state index contributed by atoms with van der Waals surface area (Å²) in [5.41, 5.74) is 0.471. The molecule has 1 unspecified atom stereocenters. The average molecular weight is 275 g/mol. The van der Waals surface area contributed by atoms with Gasteiger partial charge in [0.15, 0.2) is 5.12 Å². The average Bonchev–Trinajstić information content (AvgIpc) is 2.78. The van der Waals surface area contributed by atoms with E-state index in [1.54, 1.807) is 17.0 Å². The minimum absolute atomic E-state index is 0.0198. The summed E-state index contributed by atoms with van der Waals surface area (Å²) in [7, 11) is 0. The zero-order chi connectivity index (χ0) is 13.8. The minimum Gasteiger partial charge on any atom is -0.297 e. The Labute approximate surface area is 115 Å². The van der Waals surface area contributed by atoms with Gasteiger partial charge in [0.25, 0.3) is 0 Å². The fourth-order valence-electron chi connectivity index (χ4n) is 1.96. The number of anilines is 1. The molecule has 1 fully saturated rings. The molecule has 0 aliphatic carbocycles. The fraction of sp³-hybridized carbons (Fsp3) is 0.385. The summed E-state index contributed by atoms with van der Waals surface area (Å²) in [6, 6.07) is 5.31. The van der Waals surface area contributed by atoms with Gasteiger partial charge in [0, 0.05) is 31.8 Å². The zero-order valence-electron chi connectivity index (χ0n) is 10.5. The summed E-state index contributed by atoms with van der Waals surface area (Å²) in [6.45, 7) is 2.11. The lowest BCUT2D eigenvalue weighted by Gasteiger charge is -2.15. The van der Waals surface area contributed by atoms with Gasteiger partial charge in [-0.05, 0) is 18.1 Å². The molecule has 19 heavy (non-hydrogen) atoms. The van der Waals surface area contributed by atoms with Gasteiger partial charge in [-0.15, -0.1) is 0 Å². The van der Waals surface area contributed by atoms with Crippen LogP contribution in [0.15, 0.2) is 18.3 Å². The molecule has 0 bridgehead atoms. The molecule has 6 heteroatoms. The Morgan fingerprint density at radius 3 is 3.00 bits per heavy atom. The maximum absolute atomic E-state index is 11.9. The Kier molecular flexibility index (Phi) is 4.17. The van der Waals surface area contributed by atoms with Crippen LogP contribution in [0.25, 0.3) is 0 Å². The second kappa shape index (κ2) is 5.85. The normalized spacial score (nSPS) is 18.4. The van der Waals surface area contributed by atoms with Gasteiger partial charge in [-0.25, -0.2) is 4.98 Å². The molecule has 2 rings (SSSR count). The third-order valence-corrected chi connectivity index (χ3v) is 3.93. The quantitative estimate of drug-likeness (QED) is 0.837. The monoisotopic (exact) mass is 275 g/mol. The molecular weight excluding hydrogens is 262 g/mol. The summed E-state index contributed by atoms with van der Waals surface area (Å²) < 4.78 is 0. The van der Waals surface area contributed by atoms with Gasteiger partial charge < -0.3 is 0 Å². The molecule has 0 spiro atoms. The summed E-state index contributed by atoms with van der Waals surface area (Å²) in [4.78, 5) is 28.6. The van der Waals surface area contributed by atoms with Crippen molar-refractivity contribution < 1.29 is 9.59 Å². The maximum atomic E-state index is 11.9. The second-order valence-corrected chi connectivity index (χ2v) is 5.59. The first-order chi connectivity index (χ1) is 9.10. The van der Waals surface area contributed by atoms with E-state index in [0.29, 0.717) is 30.1 Å². The van der Waals surface area contributed by atoms with Crippen LogP contribution >= 0.6 is 11.8 Å². The van der Waals surface area contributed by atoms with Crippen molar-refractivity contribution in [2.75, 3.05) is 17.2 Å². The standard InChI is InChI=1S/C13H13N3O2S/c1-9(17)19-8-11-4-13(18)16(7-11)12-3-2-10(5-14)6-15-12/h2-3,6,11H,4,7-8H2,1H3. The third kappa shape index (κ3) is 3.32. The molecule has 0 N–H and O–H groups in total. The number of thioether (sulfide) groups is 1. The van der Waals surface area contributed by atoms with E-state index in [1.165, 1.54) is 24.9 Å². The number of hydrogen-bond donors (Lipinski definition) is 0. The van der Waals surface area contributed by atoms with Crippen LogP contribution in [0.2, 0.25) is 0 Å². The molecule has 98 valence electrons. The SMILES string of the molecule is CC(=O)SCC1CC(=O)N(c2ccc(C#N)cn2)C1. The Morgan fingerprint density at radius 1 is 1.63 bits per heavy atom. The summed E-state index contributed by atoms with van der Waals surface area (Å²) >= 11 is 1.25. The van der Waals surface area contributed by atoms with Crippen LogP contribution in [0.5, 0.6) is 0 Å². The van der Waals surface area contributed by atoms with Crippen LogP contribution in [-0.2, 0) is 9.59 Å². The molecule has 1 atom stereocenters. The van der Waals surface area contributed by atoms with Crippen molar-refractivity contribution in [1.82, 2.24) is 4.98 Å². The first-order valence-electron chi connectivity index (χ1n) is 5.90. The van der Waals surface area contributed by atoms with Crippen molar-refractivity contribution in [3.63, 3.8) is 0 Å². The number of carbonyl (C=O) groups is 2. The van der Waals surface area contributed by atoms with E-state index >= 15 is 0 Å². The first kappa shape index (κ1) is 13.6. The zero-order valence-corrected chi connectivity index (χ0v) is 11.3. The van der Waals surface area contributed by atoms with E-state index < -0.39 is 0 Å². The van der Waals surface area contributed by atoms with Crippen LogP contribution in [-0.4, -0.2) is 28.3 Å². The Hall–Kier alpha value is -1.87. The number of amides is 1. The van der Waals surface area contributed by atoms with E-state index in [0.717, 1.165) is 0 Å². The van der Waals surface area contributed by atoms with Crippen molar-refractivity contribution in [2.24, 2.45) is 5.92 Å². The van der Waals surface area contributed by atoms with Gasteiger partial charge in [0.2, 0.25) is 5.91 Å². The molecule has 0 aromatic carbocycles. The summed E-state index contributed by atoms with van der Waals surface area (Å²) in [5, 5.41) is 8.78. The van der Waals surface area contributed by atoms with E-state index in [9.17, 15) is 9.59 Å². The second-order valence-electron chi connectivity index (χ2n) is 4.39. The topological polar surface area (TPSA) is 74.1 Å². The third-order valence-electron chi connectivity index (χ3n) is 2.88. The molecule has 1 aromatic heterocycles. The Balaban J connectivity index is 2.03. The molecule has 5 nitrogen and oxygen atoms in total. The number of hydrogen-bond acceptors (Lipinski definition) is 5. The molecular formula is C13H13N3O2S. The highest BCUT2D eigenvalue weighted by Gasteiger charge is 2.31. The molecule has 2 heterocycles. The number of rotatable bonds is 3. The highest BCUT2D eigenvalue weighted by molar-refractivity contribution is 8.13. The summed E-state index contributed by atoms with van der Waals surface area (Å²) in [5.74, 6) is 1.43. The van der Waals surface area contributed by atoms with Gasteiger partial charge in [-0.3, -0.25) is 14.5 Å². The number of aromatic nitrogens is 1.